The van der Waals surface area contributed by atoms with Gasteiger partial charge in [-0.1, -0.05) is 42.1 Å². The summed E-state index contributed by atoms with van der Waals surface area (Å²) in [5, 5.41) is 0.728. The van der Waals surface area contributed by atoms with Gasteiger partial charge in [0.2, 0.25) is 5.43 Å². The van der Waals surface area contributed by atoms with Gasteiger partial charge in [0.1, 0.15) is 10.3 Å². The summed E-state index contributed by atoms with van der Waals surface area (Å²) in [6.07, 6.45) is 2.92. The van der Waals surface area contributed by atoms with E-state index < -0.39 is 0 Å². The van der Waals surface area contributed by atoms with Crippen molar-refractivity contribution < 1.29 is 4.79 Å². The van der Waals surface area contributed by atoms with E-state index in [0.29, 0.717) is 16.8 Å². The number of thioether (sulfide) groups is 1. The molecule has 2 aromatic heterocycles. The molecule has 6 heteroatoms. The number of hydrogen-bond acceptors (Lipinski definition) is 5. The number of benzene rings is 1. The molecule has 2 heterocycles. The van der Waals surface area contributed by atoms with Gasteiger partial charge >= 0.3 is 0 Å². The number of nitrogens with zero attached hydrogens (tertiary/aromatic N) is 2. The molecule has 0 saturated heterocycles. The Morgan fingerprint density at radius 2 is 2.08 bits per heavy atom. The van der Waals surface area contributed by atoms with Crippen molar-refractivity contribution in [1.82, 2.24) is 9.55 Å². The number of Topliss-reactive ketones (excluding diaryl/α,β-unsaturated/α-hetero) is 1. The molecule has 0 aliphatic heterocycles. The van der Waals surface area contributed by atoms with Crippen LogP contribution in [0.5, 0.6) is 0 Å². The Kier molecular flexibility index (Phi) is 4.02. The van der Waals surface area contributed by atoms with Crippen LogP contribution >= 0.6 is 23.1 Å². The normalized spacial score (nSPS) is 13.4. The molecule has 0 fully saturated rings. The van der Waals surface area contributed by atoms with Crippen molar-refractivity contribution in [2.75, 3.05) is 5.75 Å². The summed E-state index contributed by atoms with van der Waals surface area (Å²) in [4.78, 5) is 31.5. The summed E-state index contributed by atoms with van der Waals surface area (Å²) in [5.41, 5.74) is 2.28. The van der Waals surface area contributed by atoms with E-state index in [1.54, 1.807) is 11.3 Å². The highest BCUT2D eigenvalue weighted by atomic mass is 32.2. The lowest BCUT2D eigenvalue weighted by molar-refractivity contribution is 0.102. The predicted molar refractivity (Wildman–Crippen MR) is 98.4 cm³/mol. The van der Waals surface area contributed by atoms with Crippen molar-refractivity contribution in [3.63, 3.8) is 0 Å². The van der Waals surface area contributed by atoms with Gasteiger partial charge in [0.15, 0.2) is 10.9 Å². The summed E-state index contributed by atoms with van der Waals surface area (Å²) in [6, 6.07) is 9.26. The lowest BCUT2D eigenvalue weighted by Crippen LogP contribution is -2.07. The van der Waals surface area contributed by atoms with E-state index in [1.807, 2.05) is 41.9 Å². The van der Waals surface area contributed by atoms with Crippen LogP contribution in [0.25, 0.3) is 10.3 Å². The van der Waals surface area contributed by atoms with Crippen LogP contribution in [0.2, 0.25) is 0 Å². The van der Waals surface area contributed by atoms with Gasteiger partial charge in [-0.15, -0.1) is 11.3 Å². The molecule has 0 N–H and O–H groups in total. The van der Waals surface area contributed by atoms with E-state index in [4.69, 9.17) is 0 Å². The fraction of sp³-hybridized carbons (Fsp3) is 0.278. The van der Waals surface area contributed by atoms with Gasteiger partial charge in [0.05, 0.1) is 5.75 Å². The minimum atomic E-state index is 0.0705. The third-order valence-corrected chi connectivity index (χ3v) is 6.69. The number of aromatic nitrogens is 2. The van der Waals surface area contributed by atoms with E-state index in [0.717, 1.165) is 34.8 Å². The summed E-state index contributed by atoms with van der Waals surface area (Å²) in [7, 11) is 1.92. The summed E-state index contributed by atoms with van der Waals surface area (Å²) in [5.74, 6) is 0.390. The van der Waals surface area contributed by atoms with Crippen molar-refractivity contribution in [1.29, 1.82) is 0 Å². The first-order valence-corrected chi connectivity index (χ1v) is 9.67. The average molecular weight is 356 g/mol. The second kappa shape index (κ2) is 6.18. The third-order valence-electron chi connectivity index (χ3n) is 4.31. The van der Waals surface area contributed by atoms with Crippen molar-refractivity contribution in [2.24, 2.45) is 7.05 Å². The van der Waals surface area contributed by atoms with Crippen LogP contribution < -0.4 is 5.43 Å². The lowest BCUT2D eigenvalue weighted by Gasteiger charge is -2.02. The molecule has 0 spiro atoms. The summed E-state index contributed by atoms with van der Waals surface area (Å²) >= 11 is 3.06. The van der Waals surface area contributed by atoms with Crippen LogP contribution in [0.1, 0.15) is 27.2 Å². The highest BCUT2D eigenvalue weighted by molar-refractivity contribution is 7.99. The van der Waals surface area contributed by atoms with Gasteiger partial charge in [0.25, 0.3) is 0 Å². The number of fused-ring (bicyclic) bond motifs is 2. The van der Waals surface area contributed by atoms with Gasteiger partial charge in [-0.25, -0.2) is 4.98 Å². The van der Waals surface area contributed by atoms with Crippen molar-refractivity contribution >= 4 is 39.2 Å². The molecular formula is C18H16N2O2S2. The SMILES string of the molecule is Cn1c(SCC(=O)c2ccccc2)nc2c(=O)c3c(sc21)CCC3. The minimum Gasteiger partial charge on any atom is -0.314 e. The first kappa shape index (κ1) is 15.6. The number of aryl methyl sites for hydroxylation is 2. The number of imidazole rings is 1. The molecule has 0 atom stereocenters. The first-order valence-electron chi connectivity index (χ1n) is 7.87. The third kappa shape index (κ3) is 2.59. The Bertz CT molecular complexity index is 990. The van der Waals surface area contributed by atoms with Gasteiger partial charge in [0, 0.05) is 23.1 Å². The fourth-order valence-electron chi connectivity index (χ4n) is 3.02. The van der Waals surface area contributed by atoms with Gasteiger partial charge < -0.3 is 4.57 Å². The van der Waals surface area contributed by atoms with Crippen LogP contribution in [0.3, 0.4) is 0 Å². The summed E-state index contributed by atoms with van der Waals surface area (Å²) < 4.78 is 1.95. The zero-order valence-electron chi connectivity index (χ0n) is 13.2. The van der Waals surface area contributed by atoms with Crippen LogP contribution in [0, 0.1) is 0 Å². The van der Waals surface area contributed by atoms with E-state index in [1.165, 1.54) is 16.6 Å². The van der Waals surface area contributed by atoms with Crippen LogP contribution in [-0.2, 0) is 19.9 Å². The Hall–Kier alpha value is -1.92. The maximum atomic E-state index is 12.6. The van der Waals surface area contributed by atoms with E-state index in [9.17, 15) is 9.59 Å². The highest BCUT2D eigenvalue weighted by Crippen LogP contribution is 2.31. The number of carbonyl (C=O) groups is 1. The van der Waals surface area contributed by atoms with Crippen LogP contribution in [0.15, 0.2) is 40.3 Å². The second-order valence-electron chi connectivity index (χ2n) is 5.87. The van der Waals surface area contributed by atoms with Gasteiger partial charge in [-0.05, 0) is 19.3 Å². The Labute approximate surface area is 147 Å². The monoisotopic (exact) mass is 356 g/mol. The Morgan fingerprint density at radius 3 is 2.88 bits per heavy atom. The maximum absolute atomic E-state index is 12.6. The standard InChI is InChI=1S/C18H16N2O2S2/c1-20-17-15(16(22)12-8-5-9-14(12)24-17)19-18(20)23-10-13(21)11-6-3-2-4-7-11/h2-4,6-7H,5,8-10H2,1H3. The molecule has 0 radical (unpaired) electrons. The number of carbonyl (C=O) groups excluding carboxylic acids is 1. The zero-order chi connectivity index (χ0) is 16.7. The van der Waals surface area contributed by atoms with Crippen LogP contribution in [-0.4, -0.2) is 21.1 Å². The molecular weight excluding hydrogens is 340 g/mol. The first-order chi connectivity index (χ1) is 11.6. The topological polar surface area (TPSA) is 52.0 Å². The average Bonchev–Trinajstić information content (AvgIpc) is 3.20. The molecule has 1 aromatic carbocycles. The largest absolute Gasteiger partial charge is 0.314 e. The van der Waals surface area contributed by atoms with Crippen molar-refractivity contribution in [3.8, 4) is 0 Å². The number of hydrogen-bond donors (Lipinski definition) is 0. The zero-order valence-corrected chi connectivity index (χ0v) is 14.9. The Balaban J connectivity index is 1.64. The molecule has 24 heavy (non-hydrogen) atoms. The minimum absolute atomic E-state index is 0.0705. The number of ketones is 1. The molecule has 122 valence electrons. The van der Waals surface area contributed by atoms with E-state index in [2.05, 4.69) is 4.98 Å². The molecule has 4 rings (SSSR count). The van der Waals surface area contributed by atoms with Crippen LogP contribution in [0.4, 0.5) is 0 Å². The maximum Gasteiger partial charge on any atom is 0.211 e. The van der Waals surface area contributed by atoms with E-state index in [-0.39, 0.29) is 11.2 Å². The molecule has 1 aliphatic carbocycles. The van der Waals surface area contributed by atoms with Crippen molar-refractivity contribution in [2.45, 2.75) is 24.4 Å². The Morgan fingerprint density at radius 1 is 1.29 bits per heavy atom. The van der Waals surface area contributed by atoms with Gasteiger partial charge in [-0.3, -0.25) is 9.59 Å². The molecule has 0 unspecified atom stereocenters. The molecule has 0 amide bonds. The molecule has 0 bridgehead atoms. The van der Waals surface area contributed by atoms with E-state index >= 15 is 0 Å². The molecule has 4 nitrogen and oxygen atoms in total. The second-order valence-corrected chi connectivity index (χ2v) is 7.90. The quantitative estimate of drug-likeness (QED) is 0.531. The van der Waals surface area contributed by atoms with Gasteiger partial charge in [-0.2, -0.15) is 0 Å². The fourth-order valence-corrected chi connectivity index (χ4v) is 5.21. The molecule has 0 saturated carbocycles. The number of rotatable bonds is 4. The lowest BCUT2D eigenvalue weighted by atomic mass is 10.2. The smallest absolute Gasteiger partial charge is 0.211 e. The molecule has 3 aromatic rings. The predicted octanol–water partition coefficient (Wildman–Crippen LogP) is 3.46. The highest BCUT2D eigenvalue weighted by Gasteiger charge is 2.22. The van der Waals surface area contributed by atoms with Crippen molar-refractivity contribution in [3.05, 3.63) is 56.6 Å². The summed E-state index contributed by atoms with van der Waals surface area (Å²) in [6.45, 7) is 0. The molecule has 1 aliphatic rings.